The second-order valence-corrected chi connectivity index (χ2v) is 15.3. The summed E-state index contributed by atoms with van der Waals surface area (Å²) >= 11 is 0. The van der Waals surface area contributed by atoms with Gasteiger partial charge in [0, 0.05) is 38.7 Å². The van der Waals surface area contributed by atoms with Gasteiger partial charge in [-0.15, -0.1) is 0 Å². The number of ether oxygens (including phenoxy) is 2. The second-order valence-electron chi connectivity index (χ2n) is 15.3. The number of para-hydroxylation sites is 3. The smallest absolute Gasteiger partial charge is 0.160 e. The van der Waals surface area contributed by atoms with Crippen molar-refractivity contribution in [3.8, 4) is 62.1 Å². The quantitative estimate of drug-likeness (QED) is 0.178. The summed E-state index contributed by atoms with van der Waals surface area (Å²) < 4.78 is 15.6. The molecule has 0 fully saturated rings. The maximum atomic E-state index is 6.83. The molecule has 0 radical (unpaired) electrons. The van der Waals surface area contributed by atoms with Gasteiger partial charge in [-0.3, -0.25) is 4.57 Å². The molecular weight excluding hydrogens is 673 g/mol. The highest BCUT2D eigenvalue weighted by Gasteiger charge is 2.36. The first-order valence-corrected chi connectivity index (χ1v) is 18.9. The van der Waals surface area contributed by atoms with Crippen LogP contribution >= 0.6 is 0 Å². The lowest BCUT2D eigenvalue weighted by Gasteiger charge is -2.30. The zero-order chi connectivity index (χ0) is 36.4. The molecule has 0 bridgehead atoms. The SMILES string of the molecule is CC1(C)c2ccccc2-c2ccc(N(c3ccc(-c4ccc5c6cccc7c6n6c5c4Oc4cccc(c4-6)O7)cc3)c3ccccc3-c3ccccc3)cc21. The van der Waals surface area contributed by atoms with Crippen molar-refractivity contribution in [3.05, 3.63) is 181 Å². The first-order chi connectivity index (χ1) is 27.0. The predicted molar refractivity (Wildman–Crippen MR) is 224 cm³/mol. The molecule has 0 atom stereocenters. The van der Waals surface area contributed by atoms with Crippen molar-refractivity contribution in [2.75, 3.05) is 4.90 Å². The zero-order valence-electron chi connectivity index (χ0n) is 30.4. The number of benzene rings is 8. The number of nitrogens with zero attached hydrogens (tertiary/aromatic N) is 2. The zero-order valence-corrected chi connectivity index (χ0v) is 30.4. The minimum absolute atomic E-state index is 0.119. The number of aromatic nitrogens is 1. The topological polar surface area (TPSA) is 26.6 Å². The Morgan fingerprint density at radius 3 is 1.95 bits per heavy atom. The van der Waals surface area contributed by atoms with Crippen molar-refractivity contribution in [1.29, 1.82) is 0 Å². The first kappa shape index (κ1) is 30.4. The molecule has 0 unspecified atom stereocenters. The lowest BCUT2D eigenvalue weighted by Crippen LogP contribution is -2.16. The molecule has 2 aliphatic heterocycles. The molecule has 55 heavy (non-hydrogen) atoms. The van der Waals surface area contributed by atoms with Crippen LogP contribution in [0.5, 0.6) is 23.0 Å². The van der Waals surface area contributed by atoms with Crippen LogP contribution in [0.15, 0.2) is 170 Å². The van der Waals surface area contributed by atoms with Crippen molar-refractivity contribution < 1.29 is 9.47 Å². The maximum Gasteiger partial charge on any atom is 0.160 e. The minimum atomic E-state index is -0.119. The van der Waals surface area contributed by atoms with Crippen molar-refractivity contribution in [1.82, 2.24) is 4.57 Å². The number of hydrogen-bond acceptors (Lipinski definition) is 3. The second kappa shape index (κ2) is 11.0. The highest BCUT2D eigenvalue weighted by Crippen LogP contribution is 2.56. The Morgan fingerprint density at radius 1 is 0.455 bits per heavy atom. The molecule has 0 N–H and O–H groups in total. The Morgan fingerprint density at radius 2 is 1.09 bits per heavy atom. The lowest BCUT2D eigenvalue weighted by molar-refractivity contribution is 0.445. The van der Waals surface area contributed by atoms with E-state index in [4.69, 9.17) is 9.47 Å². The van der Waals surface area contributed by atoms with Crippen molar-refractivity contribution >= 4 is 38.9 Å². The van der Waals surface area contributed by atoms with E-state index in [-0.39, 0.29) is 5.41 Å². The molecule has 0 spiro atoms. The molecular formula is C51H34N2O2. The molecule has 0 saturated heterocycles. The van der Waals surface area contributed by atoms with Crippen LogP contribution in [0.4, 0.5) is 17.1 Å². The molecule has 4 nitrogen and oxygen atoms in total. The van der Waals surface area contributed by atoms with E-state index in [0.29, 0.717) is 0 Å². The maximum absolute atomic E-state index is 6.83. The summed E-state index contributed by atoms with van der Waals surface area (Å²) in [4.78, 5) is 2.42. The van der Waals surface area contributed by atoms with Gasteiger partial charge in [0.05, 0.1) is 16.7 Å². The van der Waals surface area contributed by atoms with E-state index in [0.717, 1.165) is 78.7 Å². The number of hydrogen-bond donors (Lipinski definition) is 0. The monoisotopic (exact) mass is 706 g/mol. The highest BCUT2D eigenvalue weighted by molar-refractivity contribution is 6.16. The number of fused-ring (bicyclic) bond motifs is 4. The third-order valence-electron chi connectivity index (χ3n) is 12.0. The average molecular weight is 707 g/mol. The van der Waals surface area contributed by atoms with Gasteiger partial charge in [0.2, 0.25) is 0 Å². The summed E-state index contributed by atoms with van der Waals surface area (Å²) in [6.07, 6.45) is 0. The lowest BCUT2D eigenvalue weighted by atomic mass is 9.82. The van der Waals surface area contributed by atoms with E-state index in [1.807, 2.05) is 18.2 Å². The molecule has 4 heteroatoms. The Kier molecular flexibility index (Phi) is 6.09. The molecule has 12 rings (SSSR count). The fraction of sp³-hybridized carbons (Fsp3) is 0.0588. The van der Waals surface area contributed by atoms with Gasteiger partial charge in [0.1, 0.15) is 5.69 Å². The normalized spacial score (nSPS) is 13.7. The fourth-order valence-electron chi connectivity index (χ4n) is 9.42. The summed E-state index contributed by atoms with van der Waals surface area (Å²) in [7, 11) is 0. The van der Waals surface area contributed by atoms with E-state index in [9.17, 15) is 0 Å². The minimum Gasteiger partial charge on any atom is -0.453 e. The van der Waals surface area contributed by atoms with Gasteiger partial charge in [-0.05, 0) is 88.0 Å². The van der Waals surface area contributed by atoms with Crippen LogP contribution in [0.25, 0.3) is 60.9 Å². The molecule has 260 valence electrons. The van der Waals surface area contributed by atoms with Gasteiger partial charge < -0.3 is 14.4 Å². The molecule has 1 aromatic heterocycles. The van der Waals surface area contributed by atoms with Gasteiger partial charge in [-0.2, -0.15) is 0 Å². The summed E-state index contributed by atoms with van der Waals surface area (Å²) in [5, 5.41) is 2.32. The van der Waals surface area contributed by atoms with Crippen molar-refractivity contribution in [3.63, 3.8) is 0 Å². The van der Waals surface area contributed by atoms with Crippen LogP contribution < -0.4 is 14.4 Å². The van der Waals surface area contributed by atoms with Crippen LogP contribution in [0.1, 0.15) is 25.0 Å². The van der Waals surface area contributed by atoms with Crippen LogP contribution in [0.3, 0.4) is 0 Å². The molecule has 0 saturated carbocycles. The standard InChI is InChI=1S/C51H34N2O2/c1-51(2)41-17-8-6-15-37(41)38-27-26-34(30-42(38)51)52(43-18-9-7-14-35(43)31-12-4-3-5-13-31)33-24-22-32(23-25-33)36-28-29-40-39-16-10-19-44-47(39)53-48(40)50(36)55-46-21-11-20-45(54-44)49(46)53/h3-30H,1-2H3. The number of anilines is 3. The Labute approximate surface area is 319 Å². The van der Waals surface area contributed by atoms with E-state index in [1.165, 1.54) is 33.4 Å². The Bertz CT molecular complexity index is 3060. The average Bonchev–Trinajstić information content (AvgIpc) is 3.69. The van der Waals surface area contributed by atoms with Gasteiger partial charge in [0.25, 0.3) is 0 Å². The van der Waals surface area contributed by atoms with Crippen molar-refractivity contribution in [2.45, 2.75) is 19.3 Å². The Hall–Kier alpha value is -7.04. The van der Waals surface area contributed by atoms with Crippen LogP contribution in [-0.2, 0) is 5.41 Å². The molecule has 1 aliphatic carbocycles. The summed E-state index contributed by atoms with van der Waals surface area (Å²) in [5.41, 5.74) is 16.2. The molecule has 8 aromatic carbocycles. The molecule has 9 aromatic rings. The van der Waals surface area contributed by atoms with Crippen LogP contribution in [-0.4, -0.2) is 4.57 Å². The summed E-state index contributed by atoms with van der Waals surface area (Å²) in [6, 6.07) is 61.1. The fourth-order valence-corrected chi connectivity index (χ4v) is 9.42. The highest BCUT2D eigenvalue weighted by atomic mass is 16.5. The third-order valence-corrected chi connectivity index (χ3v) is 12.0. The van der Waals surface area contributed by atoms with E-state index in [1.54, 1.807) is 0 Å². The molecule has 3 aliphatic rings. The number of rotatable bonds is 5. The molecule has 0 amide bonds. The van der Waals surface area contributed by atoms with Gasteiger partial charge in [0.15, 0.2) is 23.0 Å². The third kappa shape index (κ3) is 4.17. The van der Waals surface area contributed by atoms with Crippen molar-refractivity contribution in [2.24, 2.45) is 0 Å². The summed E-state index contributed by atoms with van der Waals surface area (Å²) in [5.74, 6) is 3.34. The predicted octanol–water partition coefficient (Wildman–Crippen LogP) is 14.1. The van der Waals surface area contributed by atoms with Gasteiger partial charge in [-0.25, -0.2) is 0 Å². The van der Waals surface area contributed by atoms with E-state index >= 15 is 0 Å². The van der Waals surface area contributed by atoms with Crippen LogP contribution in [0.2, 0.25) is 0 Å². The first-order valence-electron chi connectivity index (χ1n) is 18.9. The molecule has 3 heterocycles. The Balaban J connectivity index is 1.03. The van der Waals surface area contributed by atoms with E-state index < -0.39 is 0 Å². The summed E-state index contributed by atoms with van der Waals surface area (Å²) in [6.45, 7) is 4.69. The van der Waals surface area contributed by atoms with Gasteiger partial charge >= 0.3 is 0 Å². The largest absolute Gasteiger partial charge is 0.453 e. The van der Waals surface area contributed by atoms with Crippen LogP contribution in [0, 0.1) is 0 Å². The van der Waals surface area contributed by atoms with E-state index in [2.05, 4.69) is 175 Å². The van der Waals surface area contributed by atoms with Gasteiger partial charge in [-0.1, -0.05) is 129 Å².